The molecule has 4 atom stereocenters. The van der Waals surface area contributed by atoms with Crippen LogP contribution >= 0.6 is 23.2 Å². The molecule has 4 N–H and O–H groups in total. The molecule has 0 spiro atoms. The van der Waals surface area contributed by atoms with E-state index < -0.39 is 0 Å². The van der Waals surface area contributed by atoms with Gasteiger partial charge in [0.25, 0.3) is 0 Å². The monoisotopic (exact) mass is 397 g/mol. The summed E-state index contributed by atoms with van der Waals surface area (Å²) in [5.41, 5.74) is 7.16. The number of hydrogen-bond acceptors (Lipinski definition) is 3. The number of halogens is 2. The Kier molecular flexibility index (Phi) is 6.67. The zero-order valence-electron chi connectivity index (χ0n) is 15.5. The summed E-state index contributed by atoms with van der Waals surface area (Å²) < 4.78 is 0. The van der Waals surface area contributed by atoms with Crippen LogP contribution in [0.2, 0.25) is 10.0 Å². The van der Waals surface area contributed by atoms with Gasteiger partial charge in [0.2, 0.25) is 0 Å². The Morgan fingerprint density at radius 1 is 1.19 bits per heavy atom. The minimum absolute atomic E-state index is 0.124. The lowest BCUT2D eigenvalue weighted by Gasteiger charge is -2.39. The average Bonchev–Trinajstić information content (AvgIpc) is 2.57. The Morgan fingerprint density at radius 3 is 2.54 bits per heavy atom. The number of benzene rings is 1. The van der Waals surface area contributed by atoms with E-state index in [1.54, 1.807) is 6.07 Å². The summed E-state index contributed by atoms with van der Waals surface area (Å²) >= 11 is 12.4. The quantitative estimate of drug-likeness (QED) is 0.525. The van der Waals surface area contributed by atoms with E-state index in [1.807, 2.05) is 12.1 Å². The van der Waals surface area contributed by atoms with Crippen molar-refractivity contribution in [1.82, 2.24) is 10.2 Å². The van der Waals surface area contributed by atoms with Crippen LogP contribution in [0.5, 0.6) is 0 Å². The molecule has 1 aromatic carbocycles. The van der Waals surface area contributed by atoms with Crippen molar-refractivity contribution in [3.05, 3.63) is 28.2 Å². The van der Waals surface area contributed by atoms with E-state index in [2.05, 4.69) is 29.4 Å². The summed E-state index contributed by atoms with van der Waals surface area (Å²) in [7, 11) is 0. The third kappa shape index (κ3) is 5.03. The number of hydrogen-bond donors (Lipinski definition) is 3. The van der Waals surface area contributed by atoms with Gasteiger partial charge in [-0.15, -0.1) is 0 Å². The first-order valence-electron chi connectivity index (χ1n) is 9.49. The molecule has 26 heavy (non-hydrogen) atoms. The van der Waals surface area contributed by atoms with Gasteiger partial charge in [0, 0.05) is 36.2 Å². The van der Waals surface area contributed by atoms with Gasteiger partial charge in [-0.1, -0.05) is 36.0 Å². The first kappa shape index (κ1) is 19.7. The highest BCUT2D eigenvalue weighted by atomic mass is 35.5. The molecular formula is C19H29Cl2N5. The van der Waals surface area contributed by atoms with Crippen LogP contribution in [0.3, 0.4) is 0 Å². The fourth-order valence-corrected chi connectivity index (χ4v) is 4.32. The molecule has 0 amide bonds. The molecule has 144 valence electrons. The fraction of sp³-hybridized carbons (Fsp3) is 0.632. The van der Waals surface area contributed by atoms with Gasteiger partial charge in [-0.3, -0.25) is 0 Å². The van der Waals surface area contributed by atoms with Crippen LogP contribution in [-0.4, -0.2) is 48.1 Å². The molecule has 1 aliphatic carbocycles. The number of anilines is 1. The van der Waals surface area contributed by atoms with Gasteiger partial charge in [-0.25, -0.2) is 4.99 Å². The smallest absolute Gasteiger partial charge is 0.198 e. The van der Waals surface area contributed by atoms with Crippen LogP contribution in [0, 0.1) is 0 Å². The Labute approximate surface area is 166 Å². The summed E-state index contributed by atoms with van der Waals surface area (Å²) in [5, 5.41) is 8.24. The molecule has 7 heteroatoms. The third-order valence-electron chi connectivity index (χ3n) is 5.10. The zero-order valence-corrected chi connectivity index (χ0v) is 17.0. The molecule has 0 radical (unpaired) electrons. The fourth-order valence-electron chi connectivity index (χ4n) is 3.86. The van der Waals surface area contributed by atoms with Crippen LogP contribution < -0.4 is 16.4 Å². The topological polar surface area (TPSA) is 65.7 Å². The van der Waals surface area contributed by atoms with Gasteiger partial charge >= 0.3 is 0 Å². The molecule has 3 rings (SSSR count). The summed E-state index contributed by atoms with van der Waals surface area (Å²) in [6, 6.07) is 6.55. The highest BCUT2D eigenvalue weighted by Crippen LogP contribution is 2.27. The SMILES string of the molecule is CC1CN(C(=N[C@H]2CCCC[C@@H]2N)Nc2ccc(Cl)cc2Cl)CC(C)N1. The number of aliphatic imine (C=N–C) groups is 1. The Morgan fingerprint density at radius 2 is 1.88 bits per heavy atom. The van der Waals surface area contributed by atoms with Crippen LogP contribution in [-0.2, 0) is 0 Å². The second-order valence-corrected chi connectivity index (χ2v) is 8.43. The number of nitrogens with two attached hydrogens (primary N) is 1. The molecular weight excluding hydrogens is 369 g/mol. The number of rotatable bonds is 2. The maximum absolute atomic E-state index is 6.38. The van der Waals surface area contributed by atoms with E-state index >= 15 is 0 Å². The summed E-state index contributed by atoms with van der Waals surface area (Å²) in [6.45, 7) is 6.18. The predicted molar refractivity (Wildman–Crippen MR) is 111 cm³/mol. The molecule has 0 bridgehead atoms. The van der Waals surface area contributed by atoms with Crippen molar-refractivity contribution in [2.75, 3.05) is 18.4 Å². The summed E-state index contributed by atoms with van der Waals surface area (Å²) in [6.07, 6.45) is 4.46. The van der Waals surface area contributed by atoms with E-state index in [0.717, 1.165) is 37.6 Å². The first-order valence-corrected chi connectivity index (χ1v) is 10.2. The maximum Gasteiger partial charge on any atom is 0.198 e. The Balaban J connectivity index is 1.87. The minimum Gasteiger partial charge on any atom is -0.340 e. The van der Waals surface area contributed by atoms with Gasteiger partial charge in [0.05, 0.1) is 16.8 Å². The lowest BCUT2D eigenvalue weighted by Crippen LogP contribution is -2.57. The van der Waals surface area contributed by atoms with E-state index in [1.165, 1.54) is 12.8 Å². The molecule has 2 fully saturated rings. The standard InChI is InChI=1S/C19H29Cl2N5/c1-12-10-26(11-13(2)23-12)19(25-18-6-4-3-5-16(18)22)24-17-8-7-14(20)9-15(17)21/h7-9,12-13,16,18,23H,3-6,10-11,22H2,1-2H3,(H,24,25)/t12?,13?,16-,18-/m0/s1. The number of piperazine rings is 1. The summed E-state index contributed by atoms with van der Waals surface area (Å²) in [5.74, 6) is 0.858. The zero-order chi connectivity index (χ0) is 18.7. The number of guanidine groups is 1. The minimum atomic E-state index is 0.124. The predicted octanol–water partition coefficient (Wildman–Crippen LogP) is 3.71. The van der Waals surface area contributed by atoms with Crippen molar-refractivity contribution in [3.63, 3.8) is 0 Å². The van der Waals surface area contributed by atoms with Crippen molar-refractivity contribution in [3.8, 4) is 0 Å². The molecule has 1 aliphatic heterocycles. The van der Waals surface area contributed by atoms with Crippen LogP contribution in [0.15, 0.2) is 23.2 Å². The van der Waals surface area contributed by atoms with Crippen LogP contribution in [0.1, 0.15) is 39.5 Å². The largest absolute Gasteiger partial charge is 0.340 e. The third-order valence-corrected chi connectivity index (χ3v) is 5.65. The lowest BCUT2D eigenvalue weighted by atomic mass is 9.91. The van der Waals surface area contributed by atoms with Crippen molar-refractivity contribution in [2.24, 2.45) is 10.7 Å². The van der Waals surface area contributed by atoms with Crippen molar-refractivity contribution in [2.45, 2.75) is 63.7 Å². The molecule has 1 saturated heterocycles. The van der Waals surface area contributed by atoms with Crippen LogP contribution in [0.4, 0.5) is 5.69 Å². The van der Waals surface area contributed by atoms with Crippen molar-refractivity contribution >= 4 is 34.8 Å². The molecule has 1 saturated carbocycles. The molecule has 1 aromatic rings. The van der Waals surface area contributed by atoms with Gasteiger partial charge in [-0.2, -0.15) is 0 Å². The Bertz CT molecular complexity index is 641. The highest BCUT2D eigenvalue weighted by Gasteiger charge is 2.27. The lowest BCUT2D eigenvalue weighted by molar-refractivity contribution is 0.252. The average molecular weight is 398 g/mol. The molecule has 2 unspecified atom stereocenters. The second kappa shape index (κ2) is 8.79. The van der Waals surface area contributed by atoms with Crippen LogP contribution in [0.25, 0.3) is 0 Å². The molecule has 1 heterocycles. The normalized spacial score (nSPS) is 30.3. The molecule has 5 nitrogen and oxygen atoms in total. The van der Waals surface area contributed by atoms with Crippen molar-refractivity contribution < 1.29 is 0 Å². The van der Waals surface area contributed by atoms with E-state index in [0.29, 0.717) is 22.1 Å². The van der Waals surface area contributed by atoms with Crippen molar-refractivity contribution in [1.29, 1.82) is 0 Å². The number of nitrogens with one attached hydrogen (secondary N) is 2. The summed E-state index contributed by atoms with van der Waals surface area (Å²) in [4.78, 5) is 7.36. The molecule has 2 aliphatic rings. The van der Waals surface area contributed by atoms with E-state index in [4.69, 9.17) is 33.9 Å². The maximum atomic E-state index is 6.38. The van der Waals surface area contributed by atoms with Gasteiger partial charge < -0.3 is 21.3 Å². The highest BCUT2D eigenvalue weighted by molar-refractivity contribution is 6.36. The Hall–Kier alpha value is -1.01. The van der Waals surface area contributed by atoms with Gasteiger partial charge in [-0.05, 0) is 44.9 Å². The van der Waals surface area contributed by atoms with Gasteiger partial charge in [0.1, 0.15) is 0 Å². The molecule has 0 aromatic heterocycles. The van der Waals surface area contributed by atoms with Gasteiger partial charge in [0.15, 0.2) is 5.96 Å². The second-order valence-electron chi connectivity index (χ2n) is 7.59. The first-order chi connectivity index (χ1) is 12.4. The number of nitrogens with zero attached hydrogens (tertiary/aromatic N) is 2. The van der Waals surface area contributed by atoms with E-state index in [9.17, 15) is 0 Å². The van der Waals surface area contributed by atoms with E-state index in [-0.39, 0.29) is 12.1 Å².